The van der Waals surface area contributed by atoms with Crippen LogP contribution in [0.2, 0.25) is 0 Å². The topological polar surface area (TPSA) is 496 Å². The van der Waals surface area contributed by atoms with Crippen LogP contribution in [0.1, 0.15) is 227 Å². The summed E-state index contributed by atoms with van der Waals surface area (Å²) in [5.41, 5.74) is -2.57. The number of carbonyl (C=O) groups excluding carboxylic acids is 4. The van der Waals surface area contributed by atoms with Gasteiger partial charge in [-0.05, 0) is 198 Å². The maximum absolute atomic E-state index is 12.0. The first-order valence-electron chi connectivity index (χ1n) is 42.0. The molecule has 0 saturated carbocycles. The minimum absolute atomic E-state index is 0. The second-order valence-electron chi connectivity index (χ2n) is 38.0. The zero-order chi connectivity index (χ0) is 94.8. The minimum atomic E-state index is -4.67. The summed E-state index contributed by atoms with van der Waals surface area (Å²) in [4.78, 5) is 68.7. The number of cyclic esters (lactones) is 2. The summed E-state index contributed by atoms with van der Waals surface area (Å²) in [6.45, 7) is 54.3. The maximum Gasteiger partial charge on any atom is 2.00 e. The van der Waals surface area contributed by atoms with E-state index in [9.17, 15) is 44.1 Å². The van der Waals surface area contributed by atoms with Gasteiger partial charge in [0.15, 0.2) is 41.8 Å². The largest absolute Gasteiger partial charge is 2.00 e. The number of fused-ring (bicyclic) bond motifs is 5. The Morgan fingerprint density at radius 2 is 0.969 bits per heavy atom. The Morgan fingerprint density at radius 3 is 1.45 bits per heavy atom. The average molecular weight is 1970 g/mol. The van der Waals surface area contributed by atoms with Gasteiger partial charge in [-0.25, -0.2) is 14.4 Å². The van der Waals surface area contributed by atoms with Crippen molar-refractivity contribution in [1.29, 1.82) is 0 Å². The van der Waals surface area contributed by atoms with Crippen LogP contribution in [0, 0.1) is 42.9 Å². The van der Waals surface area contributed by atoms with E-state index in [0.29, 0.717) is 96.0 Å². The molecular weight excluding hydrogens is 1820 g/mol. The molecule has 8 unspecified atom stereocenters. The molecule has 744 valence electrons. The number of ether oxygens (including phenoxy) is 16. The Kier molecular flexibility index (Phi) is 47.3. The molecule has 0 bridgehead atoms. The molecule has 36 nitrogen and oxygen atoms in total. The van der Waals surface area contributed by atoms with E-state index in [-0.39, 0.29) is 182 Å². The summed E-state index contributed by atoms with van der Waals surface area (Å²) in [6, 6.07) is 13.7. The van der Waals surface area contributed by atoms with Crippen LogP contribution in [-0.4, -0.2) is 265 Å². The van der Waals surface area contributed by atoms with Crippen molar-refractivity contribution in [3.63, 3.8) is 0 Å². The van der Waals surface area contributed by atoms with Gasteiger partial charge in [-0.3, -0.25) is 23.5 Å². The monoisotopic (exact) mass is 1970 g/mol. The number of carbonyl (C=O) groups is 4. The second-order valence-corrected chi connectivity index (χ2v) is 39.9. The number of rotatable bonds is 9. The normalized spacial score (nSPS) is 31.1. The Morgan fingerprint density at radius 1 is 0.546 bits per heavy atom. The summed E-state index contributed by atoms with van der Waals surface area (Å²) in [7, 11) is -3.58. The van der Waals surface area contributed by atoms with E-state index in [4.69, 9.17) is 117 Å². The summed E-state index contributed by atoms with van der Waals surface area (Å²) in [5.74, 6) is -0.175. The summed E-state index contributed by atoms with van der Waals surface area (Å²) >= 11 is 0. The number of aliphatic hydroxyl groups excluding tert-OH is 5. The maximum atomic E-state index is 12.0. The molecule has 2 aromatic heterocycles. The van der Waals surface area contributed by atoms with Crippen LogP contribution in [0.5, 0.6) is 11.5 Å². The van der Waals surface area contributed by atoms with Crippen molar-refractivity contribution >= 4 is 99.1 Å². The van der Waals surface area contributed by atoms with E-state index < -0.39 is 92.5 Å². The first-order valence-corrected chi connectivity index (χ1v) is 45.4. The molecule has 10 N–H and O–H groups in total. The van der Waals surface area contributed by atoms with E-state index in [1.165, 1.54) is 13.8 Å². The number of aliphatic hydroxyl groups is 6. The number of esters is 2. The van der Waals surface area contributed by atoms with E-state index >= 15 is 0 Å². The van der Waals surface area contributed by atoms with Crippen molar-refractivity contribution in [2.75, 3.05) is 43.8 Å². The van der Waals surface area contributed by atoms with Crippen LogP contribution in [0.15, 0.2) is 67.0 Å². The molecule has 10 saturated heterocycles. The Balaban J connectivity index is 0.000000759. The molecule has 0 aliphatic carbocycles. The van der Waals surface area contributed by atoms with Crippen molar-refractivity contribution in [3.8, 4) is 11.5 Å². The van der Waals surface area contributed by atoms with E-state index in [1.54, 1.807) is 84.0 Å². The van der Waals surface area contributed by atoms with Crippen LogP contribution in [0.3, 0.4) is 0 Å². The van der Waals surface area contributed by atoms with Crippen molar-refractivity contribution < 1.29 is 169 Å². The number of anilines is 2. The molecule has 12 heterocycles. The van der Waals surface area contributed by atoms with Crippen LogP contribution in [-0.2, 0) is 95.9 Å². The van der Waals surface area contributed by atoms with Crippen molar-refractivity contribution in [2.24, 2.45) is 35.5 Å². The number of nitrogens with one attached hydrogen (secondary N) is 2. The van der Waals surface area contributed by atoms with Gasteiger partial charge in [0.05, 0.1) is 60.4 Å². The Hall–Kier alpha value is -4.83. The molecule has 2 amide bonds. The number of benzene rings is 2. The van der Waals surface area contributed by atoms with Gasteiger partial charge >= 0.3 is 56.6 Å². The van der Waals surface area contributed by atoms with Crippen molar-refractivity contribution in [2.45, 2.75) is 364 Å². The summed E-state index contributed by atoms with van der Waals surface area (Å²) in [5, 5.41) is 62.1. The van der Waals surface area contributed by atoms with Crippen molar-refractivity contribution in [1.82, 2.24) is 0 Å². The van der Waals surface area contributed by atoms with Gasteiger partial charge in [-0.15, -0.1) is 8.58 Å². The third kappa shape index (κ3) is 38.3. The van der Waals surface area contributed by atoms with Crippen LogP contribution >= 0.6 is 8.58 Å². The van der Waals surface area contributed by atoms with Crippen molar-refractivity contribution in [3.05, 3.63) is 76.8 Å². The SMILES string of the molecule is C.C.CC(=O)Nc1cc2ccc(OC3OC(C)(C)[C@H](C)[C@H](C)[C@@H]3C)cc2oc1=O.CC(=O)Nc1cc2ccc(OC3OC[C@H](C)[C@H](C)[C@@H]3C)cc2oc1=O.CC(C)(O)C[C@H]1OC(C)(C)OC1CO.CC1(C)C[C@@H](O)[C@@H](O)C(O)O1.CC1(C)C[C@H]2OC(C)(C)OC2C(=O)O1.CC1(C)C[C@H]2OC(C)(C)OC2C(O)O1.CC1(C)OC2COC(=O)C[C@H]2O1.CPC.O=S(=O)(O)O.[Br-].[CH3-].[Mg+2]. The van der Waals surface area contributed by atoms with Gasteiger partial charge in [-0.1, -0.05) is 56.4 Å². The predicted molar refractivity (Wildman–Crippen MR) is 486 cm³/mol. The number of hydrogen-bond acceptors (Lipinski definition) is 32. The summed E-state index contributed by atoms with van der Waals surface area (Å²) in [6.07, 6.45) is -4.27. The second kappa shape index (κ2) is 50.0. The van der Waals surface area contributed by atoms with Gasteiger partial charge < -0.3 is 150 Å². The molecule has 40 heteroatoms. The minimum Gasteiger partial charge on any atom is -1.00 e. The van der Waals surface area contributed by atoms with Crippen LogP contribution in [0.25, 0.3) is 21.9 Å². The molecule has 0 spiro atoms. The Bertz CT molecular complexity index is 4460. The van der Waals surface area contributed by atoms with E-state index in [1.807, 2.05) is 75.3 Å². The van der Waals surface area contributed by atoms with E-state index in [2.05, 4.69) is 79.4 Å². The first kappa shape index (κ1) is 123. The standard InChI is InChI=1S/C21H27NO5.C19H23NO5.C10H18O4.C10H16O4.C10H20O4.C8H12O4.C7H14O4.C2H7P.2CH4.CH3.BrH.Mg.H2O4S/c1-11-12(2)20(27-21(5,6)13(11)3)25-16-8-7-15-9-17(22-14(4)23)19(24)26-18(15)10-16;1-10-9-23-19(12(3)11(10)2)24-15-6-5-14-7-16(20-13(4)21)18(22)25-17(14)8-15;2*1-9(2)5-6-7(8(11)14-9)13-10(3,4)12-6;1-9(2,12)5-7-8(6-11)14-10(3,4)13-7;1-8(2)11-5-3-7(9)10-4-6(5)12-8;1-7(2)3-4(8)5(9)6(10)11-7;1-3-2;;;;;;1-5(2,3)4/h7-13,20H,1-6H3,(H,22,23);5-8,10-12,19H,9H2,1-4H3,(H,20,21);6-8,11H,5H2,1-4H3;6-7H,5H2,1-4H3;7-8,11-12H,5-6H2,1-4H3;5-6H,3-4H2,1-2H3;4-6,8-10H,3H2,1-2H3;3H,1-2H3;2*1H4;1H3;1H;;(H2,1,2,3,4)/q;;;;;;;;;;-1;;+2;/p-1/t11-,12+,13-,20?;10-,11-,12-,19?;6-,7?,8?;6-,7?;7-,8?;5-,6?;4-,5-,6?;;;;;;;/m1011111......./s1. The van der Waals surface area contributed by atoms with E-state index in [0.717, 1.165) is 15.0 Å². The Labute approximate surface area is 795 Å². The van der Waals surface area contributed by atoms with Crippen LogP contribution in [0.4, 0.5) is 11.4 Å². The summed E-state index contributed by atoms with van der Waals surface area (Å²) < 4.78 is 131. The quantitative estimate of drug-likeness (QED) is 0.0187. The van der Waals surface area contributed by atoms with Gasteiger partial charge in [0.1, 0.15) is 82.9 Å². The first-order chi connectivity index (χ1) is 57.1. The average Bonchev–Trinajstić information content (AvgIpc) is 1.43. The number of amides is 2. The van der Waals surface area contributed by atoms with Gasteiger partial charge in [0.25, 0.3) is 0 Å². The molecule has 2 aromatic carbocycles. The third-order valence-electron chi connectivity index (χ3n) is 22.0. The molecule has 10 fully saturated rings. The molecule has 10 aliphatic heterocycles. The fraction of sp³-hybridized carbons (Fsp3) is 0.744. The number of hydrogen-bond donors (Lipinski definition) is 10. The molecule has 20 atom stereocenters. The zero-order valence-corrected chi connectivity index (χ0v) is 84.3. The molecule has 0 radical (unpaired) electrons. The predicted octanol–water partition coefficient (Wildman–Crippen LogP) is 8.78. The van der Waals surface area contributed by atoms with Crippen LogP contribution < -0.4 is 48.3 Å². The number of halogens is 1. The third-order valence-corrected chi connectivity index (χ3v) is 22.0. The fourth-order valence-electron chi connectivity index (χ4n) is 15.4. The molecule has 10 aliphatic rings. The molecule has 130 heavy (non-hydrogen) atoms. The fourth-order valence-corrected chi connectivity index (χ4v) is 15.4. The smallest absolute Gasteiger partial charge is 1.00 e. The molecule has 4 aromatic rings. The van der Waals surface area contributed by atoms with Gasteiger partial charge in [0.2, 0.25) is 24.4 Å². The van der Waals surface area contributed by atoms with Gasteiger partial charge in [-0.2, -0.15) is 8.42 Å². The molecular formula is C90H150BrMgN2O34PS. The zero-order valence-electron chi connectivity index (χ0n) is 79.5. The molecule has 14 rings (SSSR count). The van der Waals surface area contributed by atoms with Gasteiger partial charge in [0, 0.05) is 74.3 Å².